The van der Waals surface area contributed by atoms with Crippen LogP contribution in [-0.2, 0) is 24.8 Å². The minimum atomic E-state index is -4.15. The lowest BCUT2D eigenvalue weighted by atomic mass is 9.85. The minimum Gasteiger partial charge on any atom is -0.464 e. The molecule has 1 aromatic carbocycles. The number of ether oxygens (including phenoxy) is 2. The van der Waals surface area contributed by atoms with E-state index in [9.17, 15) is 8.42 Å². The Morgan fingerprint density at radius 2 is 2.10 bits per heavy atom. The van der Waals surface area contributed by atoms with E-state index < -0.39 is 22.1 Å². The van der Waals surface area contributed by atoms with Gasteiger partial charge in [-0.2, -0.15) is 13.9 Å². The maximum absolute atomic E-state index is 11.5. The Bertz CT molecular complexity index is 613. The van der Waals surface area contributed by atoms with Gasteiger partial charge in [-0.25, -0.2) is 0 Å². The molecule has 21 heavy (non-hydrogen) atoms. The van der Waals surface area contributed by atoms with Crippen molar-refractivity contribution in [3.8, 4) is 11.5 Å². The summed E-state index contributed by atoms with van der Waals surface area (Å²) in [6.45, 7) is 6.33. The van der Waals surface area contributed by atoms with Gasteiger partial charge in [-0.05, 0) is 39.0 Å². The summed E-state index contributed by atoms with van der Waals surface area (Å²) in [5.74, 6) is 0.801. The highest BCUT2D eigenvalue weighted by Gasteiger charge is 2.42. The van der Waals surface area contributed by atoms with Crippen LogP contribution >= 0.6 is 0 Å². The van der Waals surface area contributed by atoms with E-state index in [2.05, 4.69) is 9.76 Å². The van der Waals surface area contributed by atoms with Crippen LogP contribution in [0.25, 0.3) is 0 Å². The predicted octanol–water partition coefficient (Wildman–Crippen LogP) is 1.49. The Morgan fingerprint density at radius 1 is 1.38 bits per heavy atom. The fraction of sp³-hybridized carbons (Fsp3) is 0.538. The van der Waals surface area contributed by atoms with Gasteiger partial charge in [0.15, 0.2) is 0 Å². The third kappa shape index (κ3) is 3.29. The molecule has 0 aromatic heterocycles. The molecule has 0 aliphatic carbocycles. The second-order valence-electron chi connectivity index (χ2n) is 5.06. The van der Waals surface area contributed by atoms with Gasteiger partial charge in [-0.3, -0.25) is 0 Å². The van der Waals surface area contributed by atoms with Crippen molar-refractivity contribution < 1.29 is 26.4 Å². The summed E-state index contributed by atoms with van der Waals surface area (Å²) < 4.78 is 43.4. The first-order chi connectivity index (χ1) is 9.80. The monoisotopic (exact) mass is 317 g/mol. The first kappa shape index (κ1) is 16.0. The van der Waals surface area contributed by atoms with Crippen molar-refractivity contribution in [1.29, 1.82) is 0 Å². The number of hydroxylamine groups is 1. The maximum Gasteiger partial charge on any atom is 0.465 e. The van der Waals surface area contributed by atoms with Crippen molar-refractivity contribution >= 4 is 10.4 Å². The number of nitrogens with one attached hydrogen (secondary N) is 1. The summed E-state index contributed by atoms with van der Waals surface area (Å²) in [6.07, 6.45) is -0.419. The molecule has 0 bridgehead atoms. The van der Waals surface area contributed by atoms with Crippen molar-refractivity contribution in [3.05, 3.63) is 23.8 Å². The van der Waals surface area contributed by atoms with Gasteiger partial charge in [0.05, 0.1) is 5.41 Å². The smallest absolute Gasteiger partial charge is 0.464 e. The topological polar surface area (TPSA) is 83.1 Å². The quantitative estimate of drug-likeness (QED) is 0.796. The van der Waals surface area contributed by atoms with E-state index in [4.69, 9.17) is 13.7 Å². The Kier molecular flexibility index (Phi) is 4.43. The average molecular weight is 317 g/mol. The first-order valence-electron chi connectivity index (χ1n) is 6.52. The Labute approximate surface area is 124 Å². The molecule has 0 saturated carbocycles. The molecule has 1 unspecified atom stereocenters. The van der Waals surface area contributed by atoms with Crippen molar-refractivity contribution in [2.45, 2.75) is 32.5 Å². The molecular weight excluding hydrogens is 298 g/mol. The van der Waals surface area contributed by atoms with Crippen LogP contribution in [-0.4, -0.2) is 28.4 Å². The fourth-order valence-electron chi connectivity index (χ4n) is 2.19. The van der Waals surface area contributed by atoms with Gasteiger partial charge in [-0.1, -0.05) is 0 Å². The highest BCUT2D eigenvalue weighted by atomic mass is 32.3. The van der Waals surface area contributed by atoms with E-state index in [0.717, 1.165) is 5.56 Å². The zero-order valence-electron chi connectivity index (χ0n) is 12.4. The largest absolute Gasteiger partial charge is 0.465 e. The lowest BCUT2D eigenvalue weighted by molar-refractivity contribution is -0.0981. The molecular formula is C13H19NO6S. The molecule has 1 aromatic rings. The Hall–Kier alpha value is -1.35. The number of hydrogen-bond donors (Lipinski definition) is 1. The van der Waals surface area contributed by atoms with Gasteiger partial charge in [0.2, 0.25) is 6.29 Å². The van der Waals surface area contributed by atoms with E-state index >= 15 is 0 Å². The average Bonchev–Trinajstić information content (AvgIpc) is 2.62. The van der Waals surface area contributed by atoms with Crippen LogP contribution < -0.4 is 14.4 Å². The van der Waals surface area contributed by atoms with Crippen molar-refractivity contribution in [1.82, 2.24) is 5.48 Å². The van der Waals surface area contributed by atoms with Crippen molar-refractivity contribution in [3.63, 3.8) is 0 Å². The number of hydrogen-bond acceptors (Lipinski definition) is 7. The van der Waals surface area contributed by atoms with Crippen LogP contribution in [0.4, 0.5) is 0 Å². The summed E-state index contributed by atoms with van der Waals surface area (Å²) in [6, 6.07) is 4.77. The SMILES string of the molecule is CCOC1Oc2ccc(OS(=O)(=O)ONC)cc2C1(C)C. The van der Waals surface area contributed by atoms with Crippen molar-refractivity contribution in [2.75, 3.05) is 13.7 Å². The number of rotatable bonds is 6. The molecule has 0 saturated heterocycles. The summed E-state index contributed by atoms with van der Waals surface area (Å²) in [4.78, 5) is 0. The van der Waals surface area contributed by atoms with Gasteiger partial charge < -0.3 is 13.7 Å². The first-order valence-corrected chi connectivity index (χ1v) is 7.86. The summed E-state index contributed by atoms with van der Waals surface area (Å²) in [7, 11) is -2.82. The van der Waals surface area contributed by atoms with Gasteiger partial charge in [0, 0.05) is 19.2 Å². The maximum atomic E-state index is 11.5. The molecule has 0 fully saturated rings. The molecule has 0 amide bonds. The third-order valence-corrected chi connectivity index (χ3v) is 3.94. The van der Waals surface area contributed by atoms with E-state index in [1.54, 1.807) is 12.1 Å². The van der Waals surface area contributed by atoms with Crippen LogP contribution in [0.2, 0.25) is 0 Å². The van der Waals surface area contributed by atoms with Gasteiger partial charge in [0.25, 0.3) is 0 Å². The second kappa shape index (κ2) is 5.80. The molecule has 1 atom stereocenters. The fourth-order valence-corrected chi connectivity index (χ4v) is 2.77. The molecule has 1 aliphatic rings. The van der Waals surface area contributed by atoms with Crippen LogP contribution in [0.15, 0.2) is 18.2 Å². The van der Waals surface area contributed by atoms with Crippen LogP contribution in [0, 0.1) is 0 Å². The summed E-state index contributed by atoms with van der Waals surface area (Å²) >= 11 is 0. The van der Waals surface area contributed by atoms with E-state index in [1.165, 1.54) is 13.1 Å². The molecule has 7 nitrogen and oxygen atoms in total. The molecule has 1 aliphatic heterocycles. The second-order valence-corrected chi connectivity index (χ2v) is 6.21. The third-order valence-electron chi connectivity index (χ3n) is 3.17. The molecule has 1 heterocycles. The minimum absolute atomic E-state index is 0.151. The molecule has 0 radical (unpaired) electrons. The zero-order chi connectivity index (χ0) is 15.7. The summed E-state index contributed by atoms with van der Waals surface area (Å²) in [5.41, 5.74) is 2.46. The van der Waals surface area contributed by atoms with E-state index in [1.807, 2.05) is 20.8 Å². The highest BCUT2D eigenvalue weighted by molar-refractivity contribution is 7.82. The van der Waals surface area contributed by atoms with E-state index in [-0.39, 0.29) is 5.75 Å². The van der Waals surface area contributed by atoms with E-state index in [0.29, 0.717) is 12.4 Å². The molecule has 0 spiro atoms. The van der Waals surface area contributed by atoms with Crippen LogP contribution in [0.5, 0.6) is 11.5 Å². The zero-order valence-corrected chi connectivity index (χ0v) is 13.2. The number of fused-ring (bicyclic) bond motifs is 1. The Balaban J connectivity index is 2.28. The molecule has 2 rings (SSSR count). The van der Waals surface area contributed by atoms with Gasteiger partial charge in [0.1, 0.15) is 11.5 Å². The van der Waals surface area contributed by atoms with Gasteiger partial charge in [-0.15, -0.1) is 4.28 Å². The molecule has 1 N–H and O–H groups in total. The van der Waals surface area contributed by atoms with Crippen molar-refractivity contribution in [2.24, 2.45) is 0 Å². The Morgan fingerprint density at radius 3 is 2.71 bits per heavy atom. The highest BCUT2D eigenvalue weighted by Crippen LogP contribution is 2.44. The normalized spacial score (nSPS) is 19.9. The van der Waals surface area contributed by atoms with Crippen LogP contribution in [0.1, 0.15) is 26.3 Å². The molecule has 8 heteroatoms. The lowest BCUT2D eigenvalue weighted by Gasteiger charge is -2.25. The lowest BCUT2D eigenvalue weighted by Crippen LogP contribution is -2.34. The standard InChI is InChI=1S/C13H19NO6S/c1-5-17-12-13(2,3)10-8-9(6-7-11(10)18-12)19-21(15,16)20-14-4/h6-8,12,14H,5H2,1-4H3. The summed E-state index contributed by atoms with van der Waals surface area (Å²) in [5, 5.41) is 0. The molecule has 118 valence electrons. The van der Waals surface area contributed by atoms with Crippen LogP contribution in [0.3, 0.4) is 0 Å². The van der Waals surface area contributed by atoms with Gasteiger partial charge >= 0.3 is 10.4 Å². The predicted molar refractivity (Wildman–Crippen MR) is 75.2 cm³/mol. The number of benzene rings is 1.